The Morgan fingerprint density at radius 3 is 2.70 bits per heavy atom. The summed E-state index contributed by atoms with van der Waals surface area (Å²) in [5.41, 5.74) is -0.0384. The van der Waals surface area contributed by atoms with Gasteiger partial charge >= 0.3 is 0 Å². The van der Waals surface area contributed by atoms with Gasteiger partial charge in [0, 0.05) is 38.7 Å². The summed E-state index contributed by atoms with van der Waals surface area (Å²) in [7, 11) is 1.61. The summed E-state index contributed by atoms with van der Waals surface area (Å²) in [4.78, 5) is 27.8. The highest BCUT2D eigenvalue weighted by Gasteiger charge is 2.46. The molecule has 0 aliphatic carbocycles. The zero-order valence-corrected chi connectivity index (χ0v) is 12.3. The largest absolute Gasteiger partial charge is 0.384 e. The van der Waals surface area contributed by atoms with E-state index in [2.05, 4.69) is 6.58 Å². The summed E-state index contributed by atoms with van der Waals surface area (Å²) in [5, 5.41) is 0. The third kappa shape index (κ3) is 2.87. The molecule has 0 N–H and O–H groups in total. The van der Waals surface area contributed by atoms with Crippen molar-refractivity contribution in [3.63, 3.8) is 0 Å². The molecule has 2 saturated heterocycles. The highest BCUT2D eigenvalue weighted by Crippen LogP contribution is 2.39. The molecule has 5 heteroatoms. The Bertz CT molecular complexity index is 387. The van der Waals surface area contributed by atoms with Crippen LogP contribution in [0.5, 0.6) is 0 Å². The molecule has 0 aromatic carbocycles. The molecular formula is C15H24N2O3. The molecule has 2 aliphatic rings. The van der Waals surface area contributed by atoms with Crippen molar-refractivity contribution >= 4 is 11.8 Å². The van der Waals surface area contributed by atoms with Crippen LogP contribution in [0.1, 0.15) is 32.1 Å². The Kier molecular flexibility index (Phi) is 4.81. The van der Waals surface area contributed by atoms with Crippen molar-refractivity contribution < 1.29 is 14.3 Å². The lowest BCUT2D eigenvalue weighted by Gasteiger charge is -2.44. The predicted octanol–water partition coefficient (Wildman–Crippen LogP) is 1.19. The van der Waals surface area contributed by atoms with Gasteiger partial charge in [-0.2, -0.15) is 0 Å². The Hall–Kier alpha value is -1.36. The van der Waals surface area contributed by atoms with Gasteiger partial charge in [0.15, 0.2) is 0 Å². The van der Waals surface area contributed by atoms with Gasteiger partial charge in [-0.25, -0.2) is 0 Å². The lowest BCUT2D eigenvalue weighted by Crippen LogP contribution is -2.54. The van der Waals surface area contributed by atoms with E-state index in [1.54, 1.807) is 13.2 Å². The average molecular weight is 280 g/mol. The quantitative estimate of drug-likeness (QED) is 0.711. The summed E-state index contributed by atoms with van der Waals surface area (Å²) in [6.07, 6.45) is 5.54. The molecular weight excluding hydrogens is 256 g/mol. The number of piperidine rings is 1. The fourth-order valence-electron chi connectivity index (χ4n) is 3.34. The molecule has 1 spiro atoms. The topological polar surface area (TPSA) is 49.9 Å². The first-order valence-electron chi connectivity index (χ1n) is 7.31. The van der Waals surface area contributed by atoms with E-state index >= 15 is 0 Å². The summed E-state index contributed by atoms with van der Waals surface area (Å²) in [5.74, 6) is 0.380. The van der Waals surface area contributed by atoms with E-state index in [1.807, 2.05) is 9.80 Å². The summed E-state index contributed by atoms with van der Waals surface area (Å²) >= 11 is 0. The molecule has 0 saturated carbocycles. The van der Waals surface area contributed by atoms with Gasteiger partial charge in [0.2, 0.25) is 11.8 Å². The Labute approximate surface area is 120 Å². The number of rotatable bonds is 5. The third-order valence-corrected chi connectivity index (χ3v) is 4.56. The zero-order valence-electron chi connectivity index (χ0n) is 12.3. The van der Waals surface area contributed by atoms with Gasteiger partial charge in [-0.15, -0.1) is 6.58 Å². The van der Waals surface area contributed by atoms with E-state index in [-0.39, 0.29) is 17.4 Å². The Morgan fingerprint density at radius 1 is 1.40 bits per heavy atom. The van der Waals surface area contributed by atoms with Gasteiger partial charge in [0.05, 0.1) is 13.0 Å². The van der Waals surface area contributed by atoms with Gasteiger partial charge in [-0.05, 0) is 19.3 Å². The smallest absolute Gasteiger partial charge is 0.224 e. The van der Waals surface area contributed by atoms with Crippen LogP contribution in [0.2, 0.25) is 0 Å². The second kappa shape index (κ2) is 6.39. The maximum atomic E-state index is 12.0. The van der Waals surface area contributed by atoms with Crippen molar-refractivity contribution in [1.29, 1.82) is 0 Å². The minimum Gasteiger partial charge on any atom is -0.384 e. The molecule has 20 heavy (non-hydrogen) atoms. The van der Waals surface area contributed by atoms with Crippen molar-refractivity contribution in [1.82, 2.24) is 9.80 Å². The van der Waals surface area contributed by atoms with Crippen LogP contribution in [-0.2, 0) is 14.3 Å². The van der Waals surface area contributed by atoms with E-state index in [4.69, 9.17) is 4.74 Å². The monoisotopic (exact) mass is 280 g/mol. The van der Waals surface area contributed by atoms with Crippen LogP contribution in [0.25, 0.3) is 0 Å². The number of nitrogens with zero attached hydrogens (tertiary/aromatic N) is 2. The Balaban J connectivity index is 1.94. The highest BCUT2D eigenvalue weighted by atomic mass is 16.5. The molecule has 0 aromatic rings. The lowest BCUT2D eigenvalue weighted by molar-refractivity contribution is -0.136. The molecule has 0 atom stereocenters. The molecule has 0 unspecified atom stereocenters. The van der Waals surface area contributed by atoms with Crippen LogP contribution in [0.4, 0.5) is 0 Å². The fourth-order valence-corrected chi connectivity index (χ4v) is 3.34. The van der Waals surface area contributed by atoms with Gasteiger partial charge in [0.25, 0.3) is 0 Å². The molecule has 0 radical (unpaired) electrons. The molecule has 2 aliphatic heterocycles. The first-order chi connectivity index (χ1) is 9.63. The second-order valence-electron chi connectivity index (χ2n) is 5.64. The van der Waals surface area contributed by atoms with Crippen molar-refractivity contribution in [2.24, 2.45) is 0 Å². The number of amides is 2. The molecule has 2 amide bonds. The normalized spacial score (nSPS) is 21.6. The predicted molar refractivity (Wildman–Crippen MR) is 76.2 cm³/mol. The SMILES string of the molecule is C=CCN1C(=O)CCC12CCN(C(=O)CCOC)CC2. The van der Waals surface area contributed by atoms with Gasteiger partial charge < -0.3 is 14.5 Å². The molecule has 0 aromatic heterocycles. The zero-order chi connectivity index (χ0) is 14.6. The number of methoxy groups -OCH3 is 1. The highest BCUT2D eigenvalue weighted by molar-refractivity contribution is 5.80. The molecule has 2 heterocycles. The average Bonchev–Trinajstić information content (AvgIpc) is 2.75. The van der Waals surface area contributed by atoms with Crippen LogP contribution in [-0.4, -0.2) is 60.5 Å². The molecule has 0 bridgehead atoms. The van der Waals surface area contributed by atoms with E-state index in [1.165, 1.54) is 0 Å². The van der Waals surface area contributed by atoms with E-state index in [9.17, 15) is 9.59 Å². The third-order valence-electron chi connectivity index (χ3n) is 4.56. The lowest BCUT2D eigenvalue weighted by atomic mass is 9.85. The summed E-state index contributed by atoms with van der Waals surface area (Å²) < 4.78 is 4.95. The van der Waals surface area contributed by atoms with Crippen molar-refractivity contribution in [2.45, 2.75) is 37.6 Å². The van der Waals surface area contributed by atoms with E-state index < -0.39 is 0 Å². The second-order valence-corrected chi connectivity index (χ2v) is 5.64. The first kappa shape index (κ1) is 15.0. The van der Waals surface area contributed by atoms with E-state index in [0.29, 0.717) is 26.0 Å². The van der Waals surface area contributed by atoms with Gasteiger partial charge in [0.1, 0.15) is 0 Å². The van der Waals surface area contributed by atoms with Crippen LogP contribution < -0.4 is 0 Å². The fraction of sp³-hybridized carbons (Fsp3) is 0.733. The maximum absolute atomic E-state index is 12.0. The molecule has 112 valence electrons. The minimum atomic E-state index is -0.0384. The van der Waals surface area contributed by atoms with Crippen LogP contribution in [0.15, 0.2) is 12.7 Å². The summed E-state index contributed by atoms with van der Waals surface area (Å²) in [6, 6.07) is 0. The first-order valence-corrected chi connectivity index (χ1v) is 7.31. The maximum Gasteiger partial charge on any atom is 0.224 e. The van der Waals surface area contributed by atoms with Crippen molar-refractivity contribution in [2.75, 3.05) is 33.4 Å². The molecule has 2 fully saturated rings. The van der Waals surface area contributed by atoms with Crippen molar-refractivity contribution in [3.05, 3.63) is 12.7 Å². The minimum absolute atomic E-state index is 0.0384. The van der Waals surface area contributed by atoms with Crippen LogP contribution >= 0.6 is 0 Å². The number of carbonyl (C=O) groups excluding carboxylic acids is 2. The van der Waals surface area contributed by atoms with Crippen LogP contribution in [0.3, 0.4) is 0 Å². The summed E-state index contributed by atoms with van der Waals surface area (Å²) in [6.45, 7) is 6.32. The molecule has 5 nitrogen and oxygen atoms in total. The van der Waals surface area contributed by atoms with Gasteiger partial charge in [-0.3, -0.25) is 9.59 Å². The van der Waals surface area contributed by atoms with Gasteiger partial charge in [-0.1, -0.05) is 6.08 Å². The van der Waals surface area contributed by atoms with E-state index in [0.717, 1.165) is 32.4 Å². The Morgan fingerprint density at radius 2 is 2.10 bits per heavy atom. The van der Waals surface area contributed by atoms with Crippen molar-refractivity contribution in [3.8, 4) is 0 Å². The van der Waals surface area contributed by atoms with Crippen LogP contribution in [0, 0.1) is 0 Å². The molecule has 2 rings (SSSR count). The number of carbonyl (C=O) groups is 2. The number of hydrogen-bond acceptors (Lipinski definition) is 3. The number of likely N-dealkylation sites (tertiary alicyclic amines) is 2. The number of hydrogen-bond donors (Lipinski definition) is 0. The number of ether oxygens (including phenoxy) is 1. The standard InChI is InChI=1S/C15H24N2O3/c1-3-9-17-14(19)4-6-15(17)7-10-16(11-8-15)13(18)5-12-20-2/h3H,1,4-12H2,2H3.